The van der Waals surface area contributed by atoms with Gasteiger partial charge in [-0.3, -0.25) is 19.8 Å². The average molecular weight is 353 g/mol. The minimum Gasteiger partial charge on any atom is -0.340 e. The van der Waals surface area contributed by atoms with E-state index in [9.17, 15) is 14.9 Å². The van der Waals surface area contributed by atoms with Crippen LogP contribution in [0.15, 0.2) is 54.6 Å². The Morgan fingerprint density at radius 3 is 2.35 bits per heavy atom. The third-order valence-electron chi connectivity index (χ3n) is 4.72. The predicted molar refractivity (Wildman–Crippen MR) is 99.7 cm³/mol. The van der Waals surface area contributed by atoms with E-state index in [0.29, 0.717) is 26.1 Å². The molecular weight excluding hydrogens is 330 g/mol. The molecule has 0 radical (unpaired) electrons. The van der Waals surface area contributed by atoms with Crippen molar-refractivity contribution in [3.05, 3.63) is 75.8 Å². The van der Waals surface area contributed by atoms with Crippen molar-refractivity contribution in [2.45, 2.75) is 19.4 Å². The van der Waals surface area contributed by atoms with E-state index in [2.05, 4.69) is 4.90 Å². The van der Waals surface area contributed by atoms with Gasteiger partial charge in [-0.2, -0.15) is 0 Å². The molecule has 3 rings (SSSR count). The molecule has 2 aromatic rings. The van der Waals surface area contributed by atoms with Crippen LogP contribution in [-0.4, -0.2) is 46.8 Å². The summed E-state index contributed by atoms with van der Waals surface area (Å²) in [6.07, 6.45) is 1.31. The number of nitro groups is 1. The summed E-state index contributed by atoms with van der Waals surface area (Å²) >= 11 is 0. The molecule has 0 aliphatic carbocycles. The van der Waals surface area contributed by atoms with Crippen LogP contribution in [-0.2, 0) is 17.8 Å². The van der Waals surface area contributed by atoms with Crippen molar-refractivity contribution in [1.82, 2.24) is 9.80 Å². The van der Waals surface area contributed by atoms with Crippen molar-refractivity contribution in [3.8, 4) is 0 Å². The van der Waals surface area contributed by atoms with E-state index in [4.69, 9.17) is 0 Å². The number of non-ortho nitro benzene ring substituents is 1. The first-order valence-electron chi connectivity index (χ1n) is 8.89. The van der Waals surface area contributed by atoms with Gasteiger partial charge >= 0.3 is 0 Å². The first kappa shape index (κ1) is 18.1. The number of hydrogen-bond acceptors (Lipinski definition) is 4. The van der Waals surface area contributed by atoms with Crippen LogP contribution >= 0.6 is 0 Å². The first-order valence-corrected chi connectivity index (χ1v) is 8.89. The van der Waals surface area contributed by atoms with E-state index in [-0.39, 0.29) is 16.5 Å². The number of amides is 1. The number of nitro benzene ring substituents is 1. The molecule has 1 amide bonds. The largest absolute Gasteiger partial charge is 0.340 e. The van der Waals surface area contributed by atoms with E-state index in [1.165, 1.54) is 11.6 Å². The Balaban J connectivity index is 1.46. The lowest BCUT2D eigenvalue weighted by Gasteiger charge is -2.34. The van der Waals surface area contributed by atoms with Gasteiger partial charge in [0, 0.05) is 51.3 Å². The highest BCUT2D eigenvalue weighted by Gasteiger charge is 2.21. The molecule has 0 spiro atoms. The maximum absolute atomic E-state index is 12.4. The Morgan fingerprint density at radius 2 is 1.65 bits per heavy atom. The Bertz CT molecular complexity index is 756. The van der Waals surface area contributed by atoms with Crippen molar-refractivity contribution in [2.24, 2.45) is 0 Å². The highest BCUT2D eigenvalue weighted by atomic mass is 16.6. The van der Waals surface area contributed by atoms with Gasteiger partial charge in [-0.05, 0) is 17.5 Å². The lowest BCUT2D eigenvalue weighted by atomic mass is 10.1. The summed E-state index contributed by atoms with van der Waals surface area (Å²) in [5.74, 6) is 0.198. The van der Waals surface area contributed by atoms with Crippen LogP contribution in [0.25, 0.3) is 0 Å². The second kappa shape index (κ2) is 8.58. The Morgan fingerprint density at radius 1 is 0.962 bits per heavy atom. The molecule has 0 atom stereocenters. The summed E-state index contributed by atoms with van der Waals surface area (Å²) in [5.41, 5.74) is 2.24. The van der Waals surface area contributed by atoms with E-state index < -0.39 is 0 Å². The average Bonchev–Trinajstić information content (AvgIpc) is 2.68. The van der Waals surface area contributed by atoms with Crippen LogP contribution in [0.1, 0.15) is 17.5 Å². The van der Waals surface area contributed by atoms with Crippen molar-refractivity contribution < 1.29 is 9.72 Å². The number of rotatable bonds is 6. The molecule has 0 saturated carbocycles. The smallest absolute Gasteiger partial charge is 0.269 e. The van der Waals surface area contributed by atoms with Gasteiger partial charge in [0.2, 0.25) is 5.91 Å². The fourth-order valence-electron chi connectivity index (χ4n) is 3.24. The van der Waals surface area contributed by atoms with Crippen molar-refractivity contribution in [2.75, 3.05) is 26.2 Å². The van der Waals surface area contributed by atoms with Crippen molar-refractivity contribution in [1.29, 1.82) is 0 Å². The van der Waals surface area contributed by atoms with Gasteiger partial charge in [-0.1, -0.05) is 42.5 Å². The summed E-state index contributed by atoms with van der Waals surface area (Å²) in [4.78, 5) is 27.1. The molecule has 26 heavy (non-hydrogen) atoms. The highest BCUT2D eigenvalue weighted by Crippen LogP contribution is 2.16. The van der Waals surface area contributed by atoms with Crippen LogP contribution in [0, 0.1) is 10.1 Å². The summed E-state index contributed by atoms with van der Waals surface area (Å²) in [5, 5.41) is 10.9. The van der Waals surface area contributed by atoms with Gasteiger partial charge in [-0.25, -0.2) is 0 Å². The van der Waals surface area contributed by atoms with Crippen LogP contribution < -0.4 is 0 Å². The Labute approximate surface area is 153 Å². The molecule has 6 nitrogen and oxygen atoms in total. The van der Waals surface area contributed by atoms with Gasteiger partial charge < -0.3 is 4.90 Å². The maximum atomic E-state index is 12.4. The number of piperazine rings is 1. The normalized spacial score (nSPS) is 15.0. The van der Waals surface area contributed by atoms with Gasteiger partial charge in [0.25, 0.3) is 5.69 Å². The SMILES string of the molecule is O=C(CCc1ccccc1)N1CCN(Cc2cccc([N+](=O)[O-])c2)CC1. The molecule has 136 valence electrons. The number of carbonyl (C=O) groups excluding carboxylic acids is 1. The summed E-state index contributed by atoms with van der Waals surface area (Å²) in [6.45, 7) is 3.68. The monoisotopic (exact) mass is 353 g/mol. The van der Waals surface area contributed by atoms with Crippen LogP contribution in [0.2, 0.25) is 0 Å². The third kappa shape index (κ3) is 4.89. The molecule has 1 fully saturated rings. The lowest BCUT2D eigenvalue weighted by molar-refractivity contribution is -0.384. The number of carbonyl (C=O) groups is 1. The first-order chi connectivity index (χ1) is 12.6. The Kier molecular flexibility index (Phi) is 5.96. The zero-order chi connectivity index (χ0) is 18.4. The van der Waals surface area contributed by atoms with Gasteiger partial charge in [0.05, 0.1) is 4.92 Å². The Hall–Kier alpha value is -2.73. The zero-order valence-electron chi connectivity index (χ0n) is 14.7. The molecule has 1 saturated heterocycles. The number of nitrogens with zero attached hydrogens (tertiary/aromatic N) is 3. The number of benzene rings is 2. The third-order valence-corrected chi connectivity index (χ3v) is 4.72. The van der Waals surface area contributed by atoms with E-state index >= 15 is 0 Å². The number of hydrogen-bond donors (Lipinski definition) is 0. The van der Waals surface area contributed by atoms with E-state index in [0.717, 1.165) is 25.1 Å². The topological polar surface area (TPSA) is 66.7 Å². The molecule has 6 heteroatoms. The second-order valence-corrected chi connectivity index (χ2v) is 6.57. The second-order valence-electron chi connectivity index (χ2n) is 6.57. The van der Waals surface area contributed by atoms with Crippen LogP contribution in [0.4, 0.5) is 5.69 Å². The van der Waals surface area contributed by atoms with E-state index in [1.54, 1.807) is 12.1 Å². The van der Waals surface area contributed by atoms with Gasteiger partial charge in [0.15, 0.2) is 0 Å². The summed E-state index contributed by atoms with van der Waals surface area (Å²) in [7, 11) is 0. The summed E-state index contributed by atoms with van der Waals surface area (Å²) in [6, 6.07) is 16.8. The summed E-state index contributed by atoms with van der Waals surface area (Å²) < 4.78 is 0. The van der Waals surface area contributed by atoms with Crippen molar-refractivity contribution >= 4 is 11.6 Å². The van der Waals surface area contributed by atoms with Crippen LogP contribution in [0.5, 0.6) is 0 Å². The standard InChI is InChI=1S/C20H23N3O3/c24-20(10-9-17-5-2-1-3-6-17)22-13-11-21(12-14-22)16-18-7-4-8-19(15-18)23(25)26/h1-8,15H,9-14,16H2. The maximum Gasteiger partial charge on any atom is 0.269 e. The molecule has 1 aliphatic rings. The molecule has 0 bridgehead atoms. The molecule has 0 aromatic heterocycles. The van der Waals surface area contributed by atoms with Gasteiger partial charge in [-0.15, -0.1) is 0 Å². The fourth-order valence-corrected chi connectivity index (χ4v) is 3.24. The minimum atomic E-state index is -0.368. The molecule has 0 unspecified atom stereocenters. The molecule has 1 aliphatic heterocycles. The molecule has 0 N–H and O–H groups in total. The minimum absolute atomic E-state index is 0.122. The molecule has 2 aromatic carbocycles. The number of aryl methyl sites for hydroxylation is 1. The highest BCUT2D eigenvalue weighted by molar-refractivity contribution is 5.76. The van der Waals surface area contributed by atoms with Crippen LogP contribution in [0.3, 0.4) is 0 Å². The lowest BCUT2D eigenvalue weighted by Crippen LogP contribution is -2.48. The molecule has 1 heterocycles. The van der Waals surface area contributed by atoms with Crippen molar-refractivity contribution in [3.63, 3.8) is 0 Å². The zero-order valence-corrected chi connectivity index (χ0v) is 14.7. The fraction of sp³-hybridized carbons (Fsp3) is 0.350. The van der Waals surface area contributed by atoms with E-state index in [1.807, 2.05) is 41.3 Å². The van der Waals surface area contributed by atoms with Gasteiger partial charge in [0.1, 0.15) is 0 Å². The predicted octanol–water partition coefficient (Wildman–Crippen LogP) is 2.87. The quantitative estimate of drug-likeness (QED) is 0.592. The molecular formula is C20H23N3O3.